The smallest absolute Gasteiger partial charge is 0.234 e. The van der Waals surface area contributed by atoms with Crippen molar-refractivity contribution in [3.05, 3.63) is 69.8 Å². The van der Waals surface area contributed by atoms with Crippen LogP contribution in [-0.4, -0.2) is 54.2 Å². The van der Waals surface area contributed by atoms with Crippen LogP contribution in [0.3, 0.4) is 0 Å². The summed E-state index contributed by atoms with van der Waals surface area (Å²) in [7, 11) is 0. The largest absolute Gasteiger partial charge is 0.351 e. The highest BCUT2D eigenvalue weighted by Gasteiger charge is 2.21. The Bertz CT molecular complexity index is 900. The Balaban J connectivity index is 1.51. The molecule has 0 atom stereocenters. The minimum absolute atomic E-state index is 0.0728. The molecule has 1 fully saturated rings. The van der Waals surface area contributed by atoms with E-state index in [1.165, 1.54) is 11.1 Å². The van der Waals surface area contributed by atoms with Crippen LogP contribution < -0.4 is 5.32 Å². The molecule has 1 heterocycles. The zero-order valence-corrected chi connectivity index (χ0v) is 18.6. The van der Waals surface area contributed by atoms with Gasteiger partial charge in [-0.3, -0.25) is 19.4 Å². The number of carbonyl (C=O) groups excluding carboxylic acids is 2. The molecular weight excluding hydrogens is 374 g/mol. The molecule has 1 aliphatic heterocycles. The van der Waals surface area contributed by atoms with Crippen molar-refractivity contribution in [3.63, 3.8) is 0 Å². The van der Waals surface area contributed by atoms with Crippen molar-refractivity contribution in [1.82, 2.24) is 15.1 Å². The number of benzene rings is 2. The van der Waals surface area contributed by atoms with Crippen LogP contribution in [0.4, 0.5) is 0 Å². The predicted molar refractivity (Wildman–Crippen MR) is 121 cm³/mol. The lowest BCUT2D eigenvalue weighted by Crippen LogP contribution is -2.49. The lowest BCUT2D eigenvalue weighted by atomic mass is 9.91. The quantitative estimate of drug-likeness (QED) is 0.716. The number of hydrogen-bond acceptors (Lipinski definition) is 4. The van der Waals surface area contributed by atoms with E-state index in [9.17, 15) is 9.59 Å². The molecule has 0 spiro atoms. The fourth-order valence-corrected chi connectivity index (χ4v) is 4.40. The SMILES string of the molecule is CC(=O)c1c(C)cc(C)c(CN2CCN(CC(=O)NCc3ccccc3)CC2)c1C. The first-order valence-electron chi connectivity index (χ1n) is 10.7. The van der Waals surface area contributed by atoms with Gasteiger partial charge in [-0.1, -0.05) is 36.4 Å². The lowest BCUT2D eigenvalue weighted by molar-refractivity contribution is -0.122. The van der Waals surface area contributed by atoms with Gasteiger partial charge in [0.2, 0.25) is 5.91 Å². The van der Waals surface area contributed by atoms with Crippen LogP contribution in [0.5, 0.6) is 0 Å². The zero-order chi connectivity index (χ0) is 21.7. The first kappa shape index (κ1) is 22.2. The van der Waals surface area contributed by atoms with Gasteiger partial charge in [0.05, 0.1) is 6.54 Å². The van der Waals surface area contributed by atoms with Crippen molar-refractivity contribution < 1.29 is 9.59 Å². The van der Waals surface area contributed by atoms with Crippen molar-refractivity contribution in [3.8, 4) is 0 Å². The number of nitrogens with zero attached hydrogens (tertiary/aromatic N) is 2. The Morgan fingerprint density at radius 1 is 0.933 bits per heavy atom. The van der Waals surface area contributed by atoms with E-state index < -0.39 is 0 Å². The monoisotopic (exact) mass is 407 g/mol. The van der Waals surface area contributed by atoms with E-state index in [1.54, 1.807) is 6.92 Å². The summed E-state index contributed by atoms with van der Waals surface area (Å²) in [5.74, 6) is 0.209. The summed E-state index contributed by atoms with van der Waals surface area (Å²) in [6, 6.07) is 12.1. The van der Waals surface area contributed by atoms with E-state index in [0.717, 1.165) is 55.0 Å². The number of nitrogens with one attached hydrogen (secondary N) is 1. The number of carbonyl (C=O) groups is 2. The number of Topliss-reactive ketones (excluding diaryl/α,β-unsaturated/α-hetero) is 1. The van der Waals surface area contributed by atoms with E-state index in [1.807, 2.05) is 37.3 Å². The lowest BCUT2D eigenvalue weighted by Gasteiger charge is -2.35. The van der Waals surface area contributed by atoms with Gasteiger partial charge in [0.25, 0.3) is 0 Å². The number of aryl methyl sites for hydroxylation is 2. The predicted octanol–water partition coefficient (Wildman–Crippen LogP) is 3.25. The standard InChI is InChI=1S/C25H33N3O2/c1-18-14-19(2)25(21(4)29)20(3)23(18)16-27-10-12-28(13-11-27)17-24(30)26-15-22-8-6-5-7-9-22/h5-9,14H,10-13,15-17H2,1-4H3,(H,26,30). The van der Waals surface area contributed by atoms with E-state index in [0.29, 0.717) is 13.1 Å². The third-order valence-corrected chi connectivity index (χ3v) is 6.03. The minimum atomic E-state index is 0.0728. The van der Waals surface area contributed by atoms with Crippen molar-refractivity contribution in [2.24, 2.45) is 0 Å². The zero-order valence-electron chi connectivity index (χ0n) is 18.6. The Hall–Kier alpha value is -2.50. The summed E-state index contributed by atoms with van der Waals surface area (Å²) in [4.78, 5) is 29.0. The molecule has 0 aromatic heterocycles. The maximum atomic E-state index is 12.3. The summed E-state index contributed by atoms with van der Waals surface area (Å²) in [6.45, 7) is 13.3. The second-order valence-corrected chi connectivity index (χ2v) is 8.36. The molecule has 0 saturated carbocycles. The van der Waals surface area contributed by atoms with Gasteiger partial charge in [-0.25, -0.2) is 0 Å². The van der Waals surface area contributed by atoms with Crippen LogP contribution in [0.15, 0.2) is 36.4 Å². The van der Waals surface area contributed by atoms with Crippen LogP contribution in [0.25, 0.3) is 0 Å². The molecule has 1 saturated heterocycles. The molecule has 160 valence electrons. The van der Waals surface area contributed by atoms with Gasteiger partial charge < -0.3 is 5.32 Å². The second kappa shape index (κ2) is 10.0. The first-order chi connectivity index (χ1) is 14.3. The Morgan fingerprint density at radius 3 is 2.20 bits per heavy atom. The molecule has 5 heteroatoms. The van der Waals surface area contributed by atoms with Gasteiger partial charge in [-0.15, -0.1) is 0 Å². The summed E-state index contributed by atoms with van der Waals surface area (Å²) >= 11 is 0. The number of hydrogen-bond donors (Lipinski definition) is 1. The summed E-state index contributed by atoms with van der Waals surface area (Å²) < 4.78 is 0. The molecule has 3 rings (SSSR count). The molecule has 2 aromatic rings. The van der Waals surface area contributed by atoms with E-state index >= 15 is 0 Å². The molecule has 0 unspecified atom stereocenters. The van der Waals surface area contributed by atoms with Crippen molar-refractivity contribution in [2.45, 2.75) is 40.8 Å². The van der Waals surface area contributed by atoms with Crippen LogP contribution >= 0.6 is 0 Å². The van der Waals surface area contributed by atoms with Gasteiger partial charge >= 0.3 is 0 Å². The van der Waals surface area contributed by atoms with Crippen molar-refractivity contribution in [1.29, 1.82) is 0 Å². The summed E-state index contributed by atoms with van der Waals surface area (Å²) in [5, 5.41) is 3.01. The highest BCUT2D eigenvalue weighted by atomic mass is 16.2. The fraction of sp³-hybridized carbons (Fsp3) is 0.440. The molecule has 1 amide bonds. The Morgan fingerprint density at radius 2 is 1.57 bits per heavy atom. The molecule has 1 aliphatic rings. The molecule has 0 aliphatic carbocycles. The second-order valence-electron chi connectivity index (χ2n) is 8.36. The topological polar surface area (TPSA) is 52.7 Å². The van der Waals surface area contributed by atoms with Crippen LogP contribution in [0.1, 0.15) is 45.1 Å². The fourth-order valence-electron chi connectivity index (χ4n) is 4.40. The van der Waals surface area contributed by atoms with Crippen LogP contribution in [0.2, 0.25) is 0 Å². The average Bonchev–Trinajstić information content (AvgIpc) is 2.71. The van der Waals surface area contributed by atoms with Gasteiger partial charge in [0, 0.05) is 44.8 Å². The molecular formula is C25H33N3O2. The number of rotatable bonds is 7. The van der Waals surface area contributed by atoms with Gasteiger partial charge in [-0.05, 0) is 55.5 Å². The maximum Gasteiger partial charge on any atom is 0.234 e. The van der Waals surface area contributed by atoms with E-state index in [2.05, 4.69) is 35.0 Å². The van der Waals surface area contributed by atoms with Crippen LogP contribution in [0, 0.1) is 20.8 Å². The first-order valence-corrected chi connectivity index (χ1v) is 10.7. The van der Waals surface area contributed by atoms with Gasteiger partial charge in [-0.2, -0.15) is 0 Å². The Labute approximate surface area is 180 Å². The molecule has 0 radical (unpaired) electrons. The normalized spacial score (nSPS) is 15.2. The molecule has 30 heavy (non-hydrogen) atoms. The van der Waals surface area contributed by atoms with Gasteiger partial charge in [0.15, 0.2) is 5.78 Å². The third kappa shape index (κ3) is 5.55. The summed E-state index contributed by atoms with van der Waals surface area (Å²) in [6.07, 6.45) is 0. The average molecular weight is 408 g/mol. The van der Waals surface area contributed by atoms with E-state index in [-0.39, 0.29) is 11.7 Å². The van der Waals surface area contributed by atoms with Gasteiger partial charge in [0.1, 0.15) is 0 Å². The molecule has 0 bridgehead atoms. The number of ketones is 1. The summed E-state index contributed by atoms with van der Waals surface area (Å²) in [5.41, 5.74) is 6.67. The molecule has 2 aromatic carbocycles. The minimum Gasteiger partial charge on any atom is -0.351 e. The molecule has 1 N–H and O–H groups in total. The number of piperazine rings is 1. The van der Waals surface area contributed by atoms with E-state index in [4.69, 9.17) is 0 Å². The molecule has 5 nitrogen and oxygen atoms in total. The Kier molecular flexibility index (Phi) is 7.40. The maximum absolute atomic E-state index is 12.3. The highest BCUT2D eigenvalue weighted by molar-refractivity contribution is 5.97. The highest BCUT2D eigenvalue weighted by Crippen LogP contribution is 2.24. The van der Waals surface area contributed by atoms with Crippen LogP contribution in [-0.2, 0) is 17.9 Å². The van der Waals surface area contributed by atoms with Crippen molar-refractivity contribution in [2.75, 3.05) is 32.7 Å². The third-order valence-electron chi connectivity index (χ3n) is 6.03. The van der Waals surface area contributed by atoms with Crippen molar-refractivity contribution >= 4 is 11.7 Å². The number of amides is 1.